The monoisotopic (exact) mass is 1140 g/mol. The summed E-state index contributed by atoms with van der Waals surface area (Å²) in [5.41, 5.74) is 0. The first-order valence-corrected chi connectivity index (χ1v) is 35.6. The minimum Gasteiger partial charge on any atom is -0.462 e. The smallest absolute Gasteiger partial charge is 0.306 e. The van der Waals surface area contributed by atoms with E-state index in [1.165, 1.54) is 218 Å². The Kier molecular flexibility index (Phi) is 67.2. The first-order chi connectivity index (χ1) is 40.5. The van der Waals surface area contributed by atoms with Gasteiger partial charge in [-0.1, -0.05) is 337 Å². The Morgan fingerprint density at radius 1 is 0.256 bits per heavy atom. The summed E-state index contributed by atoms with van der Waals surface area (Å²) in [6.45, 7) is 6.53. The Balaban J connectivity index is 4.11. The molecular weight excluding hydrogens is 1010 g/mol. The fraction of sp³-hybridized carbons (Fsp3) is 0.776. The molecule has 0 aliphatic carbocycles. The molecule has 0 N–H and O–H groups in total. The average molecular weight is 1140 g/mol. The van der Waals surface area contributed by atoms with E-state index in [1.54, 1.807) is 0 Å². The molecule has 0 spiro atoms. The Labute approximate surface area is 509 Å². The van der Waals surface area contributed by atoms with Crippen LogP contribution < -0.4 is 0 Å². The van der Waals surface area contributed by atoms with E-state index < -0.39 is 6.10 Å². The van der Waals surface area contributed by atoms with Gasteiger partial charge in [0, 0.05) is 19.3 Å². The fourth-order valence-corrected chi connectivity index (χ4v) is 10.3. The van der Waals surface area contributed by atoms with E-state index >= 15 is 0 Å². The summed E-state index contributed by atoms with van der Waals surface area (Å²) in [6.07, 6.45) is 93.4. The minimum absolute atomic E-state index is 0.0732. The molecule has 1 atom stereocenters. The van der Waals surface area contributed by atoms with Gasteiger partial charge in [0.25, 0.3) is 0 Å². The van der Waals surface area contributed by atoms with Gasteiger partial charge < -0.3 is 14.2 Å². The molecule has 6 heteroatoms. The maximum absolute atomic E-state index is 12.9. The Morgan fingerprint density at radius 2 is 0.488 bits per heavy atom. The van der Waals surface area contributed by atoms with Gasteiger partial charge in [-0.3, -0.25) is 14.4 Å². The van der Waals surface area contributed by atoms with E-state index in [2.05, 4.69) is 106 Å². The highest BCUT2D eigenvalue weighted by Crippen LogP contribution is 2.18. The predicted octanol–water partition coefficient (Wildman–Crippen LogP) is 24.6. The molecule has 0 aliphatic rings. The van der Waals surface area contributed by atoms with Gasteiger partial charge in [0.1, 0.15) is 13.2 Å². The number of esters is 3. The van der Waals surface area contributed by atoms with Crippen LogP contribution in [0.25, 0.3) is 0 Å². The van der Waals surface area contributed by atoms with Crippen molar-refractivity contribution in [3.05, 3.63) is 85.1 Å². The highest BCUT2D eigenvalue weighted by atomic mass is 16.6. The average Bonchev–Trinajstić information content (AvgIpc) is 3.47. The zero-order valence-corrected chi connectivity index (χ0v) is 54.5. The molecular formula is C76H134O6. The molecule has 0 fully saturated rings. The molecule has 0 aromatic carbocycles. The van der Waals surface area contributed by atoms with Gasteiger partial charge in [-0.2, -0.15) is 0 Å². The van der Waals surface area contributed by atoms with Crippen molar-refractivity contribution in [3.8, 4) is 0 Å². The summed E-state index contributed by atoms with van der Waals surface area (Å²) >= 11 is 0. The lowest BCUT2D eigenvalue weighted by atomic mass is 10.0. The molecule has 1 unspecified atom stereocenters. The summed E-state index contributed by atoms with van der Waals surface area (Å²) in [4.78, 5) is 38.3. The molecule has 0 radical (unpaired) electrons. The summed E-state index contributed by atoms with van der Waals surface area (Å²) in [5, 5.41) is 0. The molecule has 0 aromatic rings. The number of hydrogen-bond donors (Lipinski definition) is 0. The second-order valence-corrected chi connectivity index (χ2v) is 23.8. The van der Waals surface area contributed by atoms with Gasteiger partial charge in [-0.25, -0.2) is 0 Å². The highest BCUT2D eigenvalue weighted by molar-refractivity contribution is 5.71. The third kappa shape index (κ3) is 67.4. The van der Waals surface area contributed by atoms with Gasteiger partial charge in [0.2, 0.25) is 0 Å². The van der Waals surface area contributed by atoms with Crippen LogP contribution in [0.2, 0.25) is 0 Å². The van der Waals surface area contributed by atoms with E-state index in [0.717, 1.165) is 103 Å². The zero-order valence-electron chi connectivity index (χ0n) is 54.5. The largest absolute Gasteiger partial charge is 0.462 e. The number of carbonyl (C=O) groups excluding carboxylic acids is 3. The summed E-state index contributed by atoms with van der Waals surface area (Å²) in [6, 6.07) is 0. The van der Waals surface area contributed by atoms with Crippen molar-refractivity contribution in [1.82, 2.24) is 0 Å². The third-order valence-corrected chi connectivity index (χ3v) is 15.6. The SMILES string of the molecule is CC/C=C\C/C=C\C/C=C\C/C=C\C/C=C\C/C=C\CCCCCCCCCCCCCCCCCCC(=O)OCC(COC(=O)CCCCCCC/C=C\CCCC)OC(=O)CCCCCCCCCCCCCCCCCCCC. The van der Waals surface area contributed by atoms with Gasteiger partial charge in [-0.05, 0) is 89.9 Å². The Hall–Kier alpha value is -3.41. The molecule has 6 nitrogen and oxygen atoms in total. The highest BCUT2D eigenvalue weighted by Gasteiger charge is 2.19. The number of ether oxygens (including phenoxy) is 3. The molecule has 0 aliphatic heterocycles. The molecule has 0 rings (SSSR count). The van der Waals surface area contributed by atoms with E-state index in [1.807, 2.05) is 0 Å². The fourth-order valence-electron chi connectivity index (χ4n) is 10.3. The number of rotatable bonds is 65. The quantitative estimate of drug-likeness (QED) is 0.0261. The van der Waals surface area contributed by atoms with Crippen molar-refractivity contribution >= 4 is 17.9 Å². The van der Waals surface area contributed by atoms with Crippen LogP contribution in [0.4, 0.5) is 0 Å². The lowest BCUT2D eigenvalue weighted by Crippen LogP contribution is -2.30. The second kappa shape index (κ2) is 70.1. The van der Waals surface area contributed by atoms with Crippen LogP contribution in [-0.2, 0) is 28.6 Å². The van der Waals surface area contributed by atoms with Gasteiger partial charge >= 0.3 is 17.9 Å². The van der Waals surface area contributed by atoms with Crippen molar-refractivity contribution < 1.29 is 28.6 Å². The van der Waals surface area contributed by atoms with Crippen LogP contribution >= 0.6 is 0 Å². The molecule has 0 saturated carbocycles. The number of unbranched alkanes of at least 4 members (excludes halogenated alkanes) is 40. The van der Waals surface area contributed by atoms with Gasteiger partial charge in [0.05, 0.1) is 0 Å². The van der Waals surface area contributed by atoms with E-state index in [9.17, 15) is 14.4 Å². The van der Waals surface area contributed by atoms with Crippen molar-refractivity contribution in [3.63, 3.8) is 0 Å². The van der Waals surface area contributed by atoms with Crippen molar-refractivity contribution in [2.45, 2.75) is 367 Å². The zero-order chi connectivity index (χ0) is 59.2. The van der Waals surface area contributed by atoms with Crippen LogP contribution in [-0.4, -0.2) is 37.2 Å². The first kappa shape index (κ1) is 78.6. The van der Waals surface area contributed by atoms with E-state index in [4.69, 9.17) is 14.2 Å². The molecule has 0 bridgehead atoms. The van der Waals surface area contributed by atoms with Crippen LogP contribution in [0.3, 0.4) is 0 Å². The van der Waals surface area contributed by atoms with Crippen LogP contribution in [0, 0.1) is 0 Å². The van der Waals surface area contributed by atoms with Crippen LogP contribution in [0.5, 0.6) is 0 Å². The first-order valence-electron chi connectivity index (χ1n) is 35.6. The maximum atomic E-state index is 12.9. The maximum Gasteiger partial charge on any atom is 0.306 e. The number of allylic oxidation sites excluding steroid dienone is 14. The Bertz CT molecular complexity index is 1550. The third-order valence-electron chi connectivity index (χ3n) is 15.6. The number of carbonyl (C=O) groups is 3. The predicted molar refractivity (Wildman–Crippen MR) is 358 cm³/mol. The van der Waals surface area contributed by atoms with Crippen molar-refractivity contribution in [2.75, 3.05) is 13.2 Å². The van der Waals surface area contributed by atoms with Crippen molar-refractivity contribution in [2.24, 2.45) is 0 Å². The van der Waals surface area contributed by atoms with Gasteiger partial charge in [-0.15, -0.1) is 0 Å². The van der Waals surface area contributed by atoms with E-state index in [0.29, 0.717) is 19.3 Å². The molecule has 0 amide bonds. The van der Waals surface area contributed by atoms with Gasteiger partial charge in [0.15, 0.2) is 6.10 Å². The second-order valence-electron chi connectivity index (χ2n) is 23.8. The molecule has 0 aromatic heterocycles. The Morgan fingerprint density at radius 3 is 0.793 bits per heavy atom. The summed E-state index contributed by atoms with van der Waals surface area (Å²) in [7, 11) is 0. The molecule has 0 heterocycles. The van der Waals surface area contributed by atoms with Crippen LogP contribution in [0.15, 0.2) is 85.1 Å². The normalized spacial score (nSPS) is 12.6. The van der Waals surface area contributed by atoms with Crippen LogP contribution in [0.1, 0.15) is 361 Å². The molecule has 82 heavy (non-hydrogen) atoms. The lowest BCUT2D eigenvalue weighted by molar-refractivity contribution is -0.167. The summed E-state index contributed by atoms with van der Waals surface area (Å²) in [5.74, 6) is -0.862. The standard InChI is InChI=1S/C76H134O6/c1-4-7-10-13-16-19-22-24-26-28-30-31-32-33-34-35-36-37-38-39-40-41-42-43-44-45-46-48-49-51-54-57-60-63-66-69-75(78)81-72-73(71-80-74(77)68-65-62-59-56-53-21-18-15-12-9-6-3)82-76(79)70-67-64-61-58-55-52-50-47-29-27-25-23-20-17-14-11-8-5-2/h7,10,15-16,18-19,24,26,30-31,33-34,36-37,73H,4-6,8-9,11-14,17,20-23,25,27-29,32,35,38-72H2,1-3H3/b10-7-,18-15-,19-16-,26-24-,31-30-,34-33-,37-36-. The minimum atomic E-state index is -0.776. The van der Waals surface area contributed by atoms with E-state index in [-0.39, 0.29) is 31.1 Å². The molecule has 0 saturated heterocycles. The topological polar surface area (TPSA) is 78.9 Å². The molecule has 474 valence electrons. The summed E-state index contributed by atoms with van der Waals surface area (Å²) < 4.78 is 16.9. The van der Waals surface area contributed by atoms with Crippen molar-refractivity contribution in [1.29, 1.82) is 0 Å². The number of hydrogen-bond acceptors (Lipinski definition) is 6. The lowest BCUT2D eigenvalue weighted by Gasteiger charge is -2.18.